The van der Waals surface area contributed by atoms with Gasteiger partial charge < -0.3 is 29.7 Å². The minimum absolute atomic E-state index is 0.0309. The van der Waals surface area contributed by atoms with Crippen molar-refractivity contribution in [3.05, 3.63) is 11.5 Å². The molecule has 0 aliphatic carbocycles. The lowest BCUT2D eigenvalue weighted by Crippen LogP contribution is -2.48. The first kappa shape index (κ1) is 30.7. The maximum atomic E-state index is 12.2. The largest absolute Gasteiger partial charge is 0.487 e. The Labute approximate surface area is 205 Å². The fourth-order valence-corrected chi connectivity index (χ4v) is 4.54. The Balaban J connectivity index is 2.38. The van der Waals surface area contributed by atoms with Crippen LogP contribution in [0.15, 0.2) is 11.5 Å². The molecule has 1 aliphatic rings. The number of unbranched alkanes of at least 4 members (excludes halogenated alkanes) is 11. The number of hydrogen-bond donors (Lipinski definition) is 4. The number of carbonyl (C=O) groups is 1. The summed E-state index contributed by atoms with van der Waals surface area (Å²) in [5.41, 5.74) is -1.67. The van der Waals surface area contributed by atoms with Crippen molar-refractivity contribution in [2.75, 3.05) is 13.2 Å². The molecule has 0 aromatic heterocycles. The second-order valence-corrected chi connectivity index (χ2v) is 9.97. The summed E-state index contributed by atoms with van der Waals surface area (Å²) >= 11 is 0. The van der Waals surface area contributed by atoms with Gasteiger partial charge in [0, 0.05) is 0 Å². The summed E-state index contributed by atoms with van der Waals surface area (Å²) < 4.78 is 11.0. The molecule has 1 rings (SSSR count). The van der Waals surface area contributed by atoms with Gasteiger partial charge in [0.05, 0.1) is 12.7 Å². The Bertz CT molecular complexity index is 591. The van der Waals surface area contributed by atoms with Crippen molar-refractivity contribution < 1.29 is 39.7 Å². The highest BCUT2D eigenvalue weighted by Gasteiger charge is 2.56. The molecule has 34 heavy (non-hydrogen) atoms. The van der Waals surface area contributed by atoms with Crippen molar-refractivity contribution in [1.82, 2.24) is 0 Å². The molecule has 3 atom stereocenters. The summed E-state index contributed by atoms with van der Waals surface area (Å²) in [4.78, 5) is 16.4. The SMILES string of the molecule is CCCCCCCCCCCCCCC(O)COC1=C(OO)C(=O)O[C@]1(CC(C)C)[C@@H](O)CO. The lowest BCUT2D eigenvalue weighted by Gasteiger charge is -2.35. The van der Waals surface area contributed by atoms with Crippen LogP contribution in [0.3, 0.4) is 0 Å². The zero-order valence-corrected chi connectivity index (χ0v) is 21.5. The Morgan fingerprint density at radius 1 is 0.912 bits per heavy atom. The normalized spacial score (nSPS) is 20.1. The van der Waals surface area contributed by atoms with E-state index in [-0.39, 0.29) is 24.7 Å². The monoisotopic (exact) mass is 488 g/mol. The lowest BCUT2D eigenvalue weighted by molar-refractivity contribution is -0.211. The molecular weight excluding hydrogens is 440 g/mol. The molecular formula is C26H48O8. The van der Waals surface area contributed by atoms with Gasteiger partial charge in [0.25, 0.3) is 5.76 Å². The van der Waals surface area contributed by atoms with E-state index in [0.717, 1.165) is 19.3 Å². The van der Waals surface area contributed by atoms with Gasteiger partial charge in [-0.2, -0.15) is 0 Å². The van der Waals surface area contributed by atoms with E-state index in [1.807, 2.05) is 13.8 Å². The zero-order chi connectivity index (χ0) is 25.4. The standard InChI is InChI=1S/C26H48O8/c1-4-5-6-7-8-9-10-11-12-13-14-15-16-21(28)19-32-24-23(34-31)25(30)33-26(24,17-20(2)3)22(29)18-27/h20-22,27-29,31H,4-19H2,1-3H3/t21?,22-,26+/m0/s1. The molecule has 0 aromatic carbocycles. The highest BCUT2D eigenvalue weighted by atomic mass is 17.1. The number of ether oxygens (including phenoxy) is 2. The molecule has 200 valence electrons. The van der Waals surface area contributed by atoms with Crippen LogP contribution >= 0.6 is 0 Å². The molecule has 1 unspecified atom stereocenters. The number of aliphatic hydroxyl groups is 3. The van der Waals surface area contributed by atoms with Gasteiger partial charge in [0.15, 0.2) is 5.76 Å². The van der Waals surface area contributed by atoms with Gasteiger partial charge >= 0.3 is 5.97 Å². The molecule has 4 N–H and O–H groups in total. The van der Waals surface area contributed by atoms with E-state index in [9.17, 15) is 25.4 Å². The summed E-state index contributed by atoms with van der Waals surface area (Å²) in [6.45, 7) is 5.14. The van der Waals surface area contributed by atoms with Gasteiger partial charge in [-0.15, -0.1) is 0 Å². The Morgan fingerprint density at radius 2 is 1.44 bits per heavy atom. The van der Waals surface area contributed by atoms with E-state index < -0.39 is 36.1 Å². The van der Waals surface area contributed by atoms with Crippen molar-refractivity contribution in [2.45, 2.75) is 128 Å². The lowest BCUT2D eigenvalue weighted by atomic mass is 9.85. The van der Waals surface area contributed by atoms with Crippen molar-refractivity contribution in [1.29, 1.82) is 0 Å². The van der Waals surface area contributed by atoms with Gasteiger partial charge in [-0.25, -0.2) is 10.1 Å². The van der Waals surface area contributed by atoms with Crippen LogP contribution in [0.4, 0.5) is 0 Å². The van der Waals surface area contributed by atoms with Gasteiger partial charge in [0.2, 0.25) is 5.60 Å². The first-order valence-electron chi connectivity index (χ1n) is 13.2. The first-order chi connectivity index (χ1) is 16.3. The molecule has 1 heterocycles. The molecule has 0 radical (unpaired) electrons. The van der Waals surface area contributed by atoms with Crippen molar-refractivity contribution in [3.8, 4) is 0 Å². The number of cyclic esters (lactones) is 1. The maximum absolute atomic E-state index is 12.2. The summed E-state index contributed by atoms with van der Waals surface area (Å²) in [5.74, 6) is -1.77. The minimum Gasteiger partial charge on any atom is -0.487 e. The Hall–Kier alpha value is -1.35. The number of rotatable bonds is 21. The third-order valence-electron chi connectivity index (χ3n) is 6.38. The highest BCUT2D eigenvalue weighted by molar-refractivity contribution is 5.90. The van der Waals surface area contributed by atoms with Gasteiger partial charge in [-0.3, -0.25) is 0 Å². The van der Waals surface area contributed by atoms with E-state index in [0.29, 0.717) is 6.42 Å². The smallest absolute Gasteiger partial charge is 0.382 e. The molecule has 0 bridgehead atoms. The number of esters is 1. The van der Waals surface area contributed by atoms with Crippen molar-refractivity contribution in [2.24, 2.45) is 5.92 Å². The van der Waals surface area contributed by atoms with Gasteiger partial charge in [-0.1, -0.05) is 97.8 Å². The fourth-order valence-electron chi connectivity index (χ4n) is 4.54. The third-order valence-corrected chi connectivity index (χ3v) is 6.38. The molecule has 0 saturated carbocycles. The predicted molar refractivity (Wildman–Crippen MR) is 130 cm³/mol. The number of hydrogen-bond acceptors (Lipinski definition) is 8. The summed E-state index contributed by atoms with van der Waals surface area (Å²) in [6.07, 6.45) is 13.3. The van der Waals surface area contributed by atoms with Crippen LogP contribution in [0.2, 0.25) is 0 Å². The third kappa shape index (κ3) is 10.1. The number of aliphatic hydroxyl groups excluding tert-OH is 3. The Kier molecular flexibility index (Phi) is 15.5. The fraction of sp³-hybridized carbons (Fsp3) is 0.885. The Morgan fingerprint density at radius 3 is 1.91 bits per heavy atom. The van der Waals surface area contributed by atoms with E-state index >= 15 is 0 Å². The van der Waals surface area contributed by atoms with Crippen LogP contribution < -0.4 is 0 Å². The van der Waals surface area contributed by atoms with Crippen molar-refractivity contribution in [3.63, 3.8) is 0 Å². The summed E-state index contributed by atoms with van der Waals surface area (Å²) in [5, 5.41) is 39.5. The molecule has 0 amide bonds. The van der Waals surface area contributed by atoms with Crippen LogP contribution in [0, 0.1) is 5.92 Å². The van der Waals surface area contributed by atoms with E-state index in [2.05, 4.69) is 11.8 Å². The predicted octanol–water partition coefficient (Wildman–Crippen LogP) is 4.85. The highest BCUT2D eigenvalue weighted by Crippen LogP contribution is 2.41. The van der Waals surface area contributed by atoms with E-state index in [4.69, 9.17) is 9.47 Å². The van der Waals surface area contributed by atoms with Crippen LogP contribution in [-0.4, -0.2) is 57.6 Å². The average molecular weight is 489 g/mol. The molecule has 8 heteroatoms. The number of carbonyl (C=O) groups excluding carboxylic acids is 1. The first-order valence-corrected chi connectivity index (χ1v) is 13.2. The topological polar surface area (TPSA) is 126 Å². The summed E-state index contributed by atoms with van der Waals surface area (Å²) in [7, 11) is 0. The molecule has 0 spiro atoms. The van der Waals surface area contributed by atoms with Gasteiger partial charge in [0.1, 0.15) is 12.7 Å². The second-order valence-electron chi connectivity index (χ2n) is 9.97. The molecule has 0 fully saturated rings. The van der Waals surface area contributed by atoms with E-state index in [1.54, 1.807) is 0 Å². The zero-order valence-electron chi connectivity index (χ0n) is 21.5. The molecule has 8 nitrogen and oxygen atoms in total. The van der Waals surface area contributed by atoms with E-state index in [1.165, 1.54) is 57.8 Å². The molecule has 1 aliphatic heterocycles. The van der Waals surface area contributed by atoms with Crippen LogP contribution in [-0.2, 0) is 19.2 Å². The van der Waals surface area contributed by atoms with Crippen LogP contribution in [0.25, 0.3) is 0 Å². The van der Waals surface area contributed by atoms with Gasteiger partial charge in [-0.05, 0) is 18.8 Å². The molecule has 0 aromatic rings. The average Bonchev–Trinajstić information content (AvgIpc) is 3.07. The maximum Gasteiger partial charge on any atom is 0.382 e. The quantitative estimate of drug-likeness (QED) is 0.0782. The molecule has 0 saturated heterocycles. The summed E-state index contributed by atoms with van der Waals surface area (Å²) in [6, 6.07) is 0. The van der Waals surface area contributed by atoms with Crippen LogP contribution in [0.1, 0.15) is 111 Å². The second kappa shape index (κ2) is 17.1. The minimum atomic E-state index is -1.67. The van der Waals surface area contributed by atoms with Crippen molar-refractivity contribution >= 4 is 5.97 Å². The van der Waals surface area contributed by atoms with Crippen LogP contribution in [0.5, 0.6) is 0 Å².